The fourth-order valence-corrected chi connectivity index (χ4v) is 4.05. The topological polar surface area (TPSA) is 32.3 Å². The van der Waals surface area contributed by atoms with E-state index >= 15 is 0 Å². The number of thioether (sulfide) groups is 1. The van der Waals surface area contributed by atoms with Gasteiger partial charge in [0.05, 0.1) is 0 Å². The first kappa shape index (κ1) is 13.4. The van der Waals surface area contributed by atoms with Gasteiger partial charge in [0, 0.05) is 10.6 Å². The lowest BCUT2D eigenvalue weighted by atomic mass is 9.93. The van der Waals surface area contributed by atoms with Crippen molar-refractivity contribution in [2.24, 2.45) is 0 Å². The largest absolute Gasteiger partial charge is 0.508 e. The van der Waals surface area contributed by atoms with Gasteiger partial charge in [-0.1, -0.05) is 37.7 Å². The molecule has 2 N–H and O–H groups in total. The van der Waals surface area contributed by atoms with Gasteiger partial charge in [-0.15, -0.1) is 0 Å². The second-order valence-corrected chi connectivity index (χ2v) is 6.71. The van der Waals surface area contributed by atoms with Gasteiger partial charge < -0.3 is 10.4 Å². The first-order valence-corrected chi connectivity index (χ1v) is 7.80. The van der Waals surface area contributed by atoms with E-state index in [0.29, 0.717) is 11.7 Å². The molecule has 104 valence electrons. The fourth-order valence-electron chi connectivity index (χ4n) is 2.76. The average molecular weight is 285 g/mol. The lowest BCUT2D eigenvalue weighted by Crippen LogP contribution is -2.08. The molecule has 1 aliphatic heterocycles. The molecule has 0 fully saturated rings. The number of nitrogens with one attached hydrogen (secondary N) is 1. The maximum Gasteiger partial charge on any atom is 0.116 e. The molecule has 0 amide bonds. The molecule has 0 saturated heterocycles. The Morgan fingerprint density at radius 1 is 1.20 bits per heavy atom. The molecule has 1 aliphatic rings. The van der Waals surface area contributed by atoms with Crippen molar-refractivity contribution < 1.29 is 5.11 Å². The predicted molar refractivity (Wildman–Crippen MR) is 85.6 cm³/mol. The summed E-state index contributed by atoms with van der Waals surface area (Å²) in [5, 5.41) is 13.7. The molecule has 0 bridgehead atoms. The number of phenolic OH excluding ortho intramolecular Hbond substituents is 1. The Labute approximate surface area is 124 Å². The van der Waals surface area contributed by atoms with Gasteiger partial charge in [-0.3, -0.25) is 0 Å². The van der Waals surface area contributed by atoms with Crippen LogP contribution in [-0.4, -0.2) is 5.11 Å². The summed E-state index contributed by atoms with van der Waals surface area (Å²) in [5.74, 6) is 0.748. The first-order valence-electron chi connectivity index (χ1n) is 6.92. The number of fused-ring (bicyclic) bond motifs is 1. The average Bonchev–Trinajstić information content (AvgIpc) is 2.80. The van der Waals surface area contributed by atoms with Crippen molar-refractivity contribution in [3.05, 3.63) is 53.1 Å². The van der Waals surface area contributed by atoms with E-state index in [1.165, 1.54) is 21.7 Å². The number of hydrogen-bond donors (Lipinski definition) is 2. The van der Waals surface area contributed by atoms with Gasteiger partial charge in [-0.25, -0.2) is 0 Å². The zero-order chi connectivity index (χ0) is 14.3. The van der Waals surface area contributed by atoms with Crippen molar-refractivity contribution in [2.45, 2.75) is 37.0 Å². The standard InChI is InChI=1S/C17H19NOS/c1-10(2)13-9-12(19)8-11(3)16(13)17-18-14-6-4-5-7-15(14)20-17/h4-10,17-19H,1-3H3. The highest BCUT2D eigenvalue weighted by atomic mass is 32.2. The van der Waals surface area contributed by atoms with Gasteiger partial charge in [0.2, 0.25) is 0 Å². The molecule has 0 aromatic heterocycles. The molecule has 0 spiro atoms. The van der Waals surface area contributed by atoms with Crippen LogP contribution in [0.2, 0.25) is 0 Å². The molecule has 2 nitrogen and oxygen atoms in total. The van der Waals surface area contributed by atoms with Crippen LogP contribution in [0.1, 0.15) is 41.8 Å². The molecule has 1 heterocycles. The van der Waals surface area contributed by atoms with Crippen LogP contribution >= 0.6 is 11.8 Å². The van der Waals surface area contributed by atoms with E-state index < -0.39 is 0 Å². The van der Waals surface area contributed by atoms with Crippen LogP contribution in [0.5, 0.6) is 5.75 Å². The SMILES string of the molecule is Cc1cc(O)cc(C(C)C)c1C1Nc2ccccc2S1. The van der Waals surface area contributed by atoms with Gasteiger partial charge in [0.1, 0.15) is 11.1 Å². The van der Waals surface area contributed by atoms with E-state index in [2.05, 4.69) is 50.4 Å². The Hall–Kier alpha value is -1.61. The number of aromatic hydroxyl groups is 1. The quantitative estimate of drug-likeness (QED) is 0.810. The van der Waals surface area contributed by atoms with Crippen molar-refractivity contribution in [1.82, 2.24) is 0 Å². The maximum atomic E-state index is 9.86. The highest BCUT2D eigenvalue weighted by Crippen LogP contribution is 2.49. The molecule has 0 saturated carbocycles. The second-order valence-electron chi connectivity index (χ2n) is 5.56. The number of benzene rings is 2. The Balaban J connectivity index is 2.04. The normalized spacial score (nSPS) is 17.1. The van der Waals surface area contributed by atoms with Crippen LogP contribution in [0, 0.1) is 6.92 Å². The van der Waals surface area contributed by atoms with E-state index in [1.807, 2.05) is 23.9 Å². The van der Waals surface area contributed by atoms with Crippen molar-refractivity contribution in [2.75, 3.05) is 5.32 Å². The second kappa shape index (κ2) is 5.06. The third-order valence-corrected chi connectivity index (χ3v) is 4.91. The van der Waals surface area contributed by atoms with Crippen LogP contribution in [0.15, 0.2) is 41.3 Å². The molecule has 20 heavy (non-hydrogen) atoms. The number of aryl methyl sites for hydroxylation is 1. The highest BCUT2D eigenvalue weighted by Gasteiger charge is 2.26. The summed E-state index contributed by atoms with van der Waals surface area (Å²) in [6.45, 7) is 6.42. The Kier molecular flexibility index (Phi) is 3.38. The van der Waals surface area contributed by atoms with Gasteiger partial charge in [0.25, 0.3) is 0 Å². The zero-order valence-electron chi connectivity index (χ0n) is 12.0. The Morgan fingerprint density at radius 2 is 1.95 bits per heavy atom. The van der Waals surface area contributed by atoms with E-state index in [0.717, 1.165) is 5.56 Å². The van der Waals surface area contributed by atoms with E-state index in [-0.39, 0.29) is 5.37 Å². The third-order valence-electron chi connectivity index (χ3n) is 3.71. The van der Waals surface area contributed by atoms with E-state index in [4.69, 9.17) is 0 Å². The highest BCUT2D eigenvalue weighted by molar-refractivity contribution is 8.00. The fraction of sp³-hybridized carbons (Fsp3) is 0.294. The van der Waals surface area contributed by atoms with Crippen molar-refractivity contribution in [3.8, 4) is 5.75 Å². The zero-order valence-corrected chi connectivity index (χ0v) is 12.8. The van der Waals surface area contributed by atoms with Crippen LogP contribution in [0.3, 0.4) is 0 Å². The summed E-state index contributed by atoms with van der Waals surface area (Å²) in [6, 6.07) is 12.2. The van der Waals surface area contributed by atoms with Crippen LogP contribution in [-0.2, 0) is 0 Å². The van der Waals surface area contributed by atoms with Gasteiger partial charge in [-0.05, 0) is 53.8 Å². The first-order chi connectivity index (χ1) is 9.56. The minimum atomic E-state index is 0.227. The van der Waals surface area contributed by atoms with Crippen LogP contribution in [0.4, 0.5) is 5.69 Å². The summed E-state index contributed by atoms with van der Waals surface area (Å²) in [4.78, 5) is 1.29. The van der Waals surface area contributed by atoms with Crippen LogP contribution in [0.25, 0.3) is 0 Å². The minimum absolute atomic E-state index is 0.227. The van der Waals surface area contributed by atoms with Crippen molar-refractivity contribution >= 4 is 17.4 Å². The summed E-state index contributed by atoms with van der Waals surface area (Å²) in [7, 11) is 0. The lowest BCUT2D eigenvalue weighted by Gasteiger charge is -2.21. The smallest absolute Gasteiger partial charge is 0.116 e. The van der Waals surface area contributed by atoms with Crippen molar-refractivity contribution in [3.63, 3.8) is 0 Å². The maximum absolute atomic E-state index is 9.86. The number of phenols is 1. The Bertz CT molecular complexity index is 626. The van der Waals surface area contributed by atoms with Gasteiger partial charge in [-0.2, -0.15) is 0 Å². The molecule has 0 aliphatic carbocycles. The molecule has 3 heteroatoms. The third kappa shape index (κ3) is 2.27. The van der Waals surface area contributed by atoms with Gasteiger partial charge >= 0.3 is 0 Å². The summed E-state index contributed by atoms with van der Waals surface area (Å²) in [6.07, 6.45) is 0. The summed E-state index contributed by atoms with van der Waals surface area (Å²) < 4.78 is 0. The molecular formula is C17H19NOS. The summed E-state index contributed by atoms with van der Waals surface area (Å²) in [5.41, 5.74) is 4.87. The summed E-state index contributed by atoms with van der Waals surface area (Å²) >= 11 is 1.85. The van der Waals surface area contributed by atoms with E-state index in [1.54, 1.807) is 0 Å². The molecule has 1 unspecified atom stereocenters. The van der Waals surface area contributed by atoms with E-state index in [9.17, 15) is 5.11 Å². The lowest BCUT2D eigenvalue weighted by molar-refractivity contribution is 0.473. The van der Waals surface area contributed by atoms with Crippen LogP contribution < -0.4 is 5.32 Å². The molecule has 1 atom stereocenters. The Morgan fingerprint density at radius 3 is 2.65 bits per heavy atom. The number of rotatable bonds is 2. The monoisotopic (exact) mass is 285 g/mol. The molecule has 2 aromatic rings. The van der Waals surface area contributed by atoms with Crippen molar-refractivity contribution in [1.29, 1.82) is 0 Å². The number of para-hydroxylation sites is 1. The number of anilines is 1. The predicted octanol–water partition coefficient (Wildman–Crippen LogP) is 5.04. The molecule has 2 aromatic carbocycles. The molecular weight excluding hydrogens is 266 g/mol. The molecule has 0 radical (unpaired) electrons. The minimum Gasteiger partial charge on any atom is -0.508 e. The number of hydrogen-bond acceptors (Lipinski definition) is 3. The van der Waals surface area contributed by atoms with Gasteiger partial charge in [0.15, 0.2) is 0 Å². The molecule has 3 rings (SSSR count).